The molecule has 0 aliphatic rings. The molecule has 0 saturated carbocycles. The molecule has 0 atom stereocenters. The Hall–Kier alpha value is -2.38. The lowest BCUT2D eigenvalue weighted by atomic mass is 10.2. The lowest BCUT2D eigenvalue weighted by molar-refractivity contribution is 0.474. The number of nitrogens with zero attached hydrogens (tertiary/aromatic N) is 6. The summed E-state index contributed by atoms with van der Waals surface area (Å²) in [6, 6.07) is 4.96. The molecule has 0 amide bonds. The van der Waals surface area contributed by atoms with Crippen molar-refractivity contribution in [3.63, 3.8) is 0 Å². The van der Waals surface area contributed by atoms with Gasteiger partial charge in [0.2, 0.25) is 0 Å². The van der Waals surface area contributed by atoms with E-state index in [4.69, 9.17) is 23.2 Å². The highest BCUT2D eigenvalue weighted by Gasteiger charge is 2.14. The number of phenolic OH excluding ortho intramolecular Hbond substituents is 1. The van der Waals surface area contributed by atoms with Crippen molar-refractivity contribution in [3.8, 4) is 11.7 Å². The van der Waals surface area contributed by atoms with Crippen LogP contribution in [0.15, 0.2) is 23.3 Å². The topological polar surface area (TPSA) is 81.1 Å². The van der Waals surface area contributed by atoms with Crippen LogP contribution in [0.5, 0.6) is 5.75 Å². The number of benzene rings is 1. The fourth-order valence-corrected chi connectivity index (χ4v) is 2.76. The highest BCUT2D eigenvalue weighted by atomic mass is 35.5. The van der Waals surface area contributed by atoms with E-state index in [1.165, 1.54) is 17.0 Å². The van der Waals surface area contributed by atoms with Crippen molar-refractivity contribution in [1.29, 1.82) is 0 Å². The van der Waals surface area contributed by atoms with Crippen LogP contribution in [0.25, 0.3) is 5.95 Å². The first-order chi connectivity index (χ1) is 11.4. The largest absolute Gasteiger partial charge is 0.506 e. The van der Waals surface area contributed by atoms with Crippen LogP contribution in [-0.4, -0.2) is 36.0 Å². The van der Waals surface area contributed by atoms with Gasteiger partial charge in [-0.2, -0.15) is 14.9 Å². The summed E-state index contributed by atoms with van der Waals surface area (Å²) in [4.78, 5) is 0. The average Bonchev–Trinajstić information content (AvgIpc) is 3.03. The molecule has 2 aromatic heterocycles. The molecule has 0 aliphatic heterocycles. The van der Waals surface area contributed by atoms with E-state index in [1.807, 2.05) is 19.9 Å². The molecule has 1 aromatic carbocycles. The molecule has 0 unspecified atom stereocenters. The molecule has 0 fully saturated rings. The number of aromatic nitrogens is 5. The Labute approximate surface area is 148 Å². The van der Waals surface area contributed by atoms with Gasteiger partial charge in [-0.3, -0.25) is 0 Å². The molecule has 0 saturated heterocycles. The van der Waals surface area contributed by atoms with Crippen molar-refractivity contribution < 1.29 is 5.11 Å². The summed E-state index contributed by atoms with van der Waals surface area (Å²) in [5, 5.41) is 27.4. The van der Waals surface area contributed by atoms with Crippen LogP contribution in [0.3, 0.4) is 0 Å². The van der Waals surface area contributed by atoms with Gasteiger partial charge in [0.15, 0.2) is 5.82 Å². The van der Waals surface area contributed by atoms with Crippen molar-refractivity contribution in [2.45, 2.75) is 20.8 Å². The number of aromatic hydroxyl groups is 1. The predicted molar refractivity (Wildman–Crippen MR) is 92.5 cm³/mol. The maximum absolute atomic E-state index is 10.0. The Bertz CT molecular complexity index is 944. The molecule has 3 rings (SSSR count). The minimum Gasteiger partial charge on any atom is -0.506 e. The summed E-state index contributed by atoms with van der Waals surface area (Å²) in [5.41, 5.74) is 2.16. The average molecular weight is 365 g/mol. The van der Waals surface area contributed by atoms with Crippen molar-refractivity contribution in [3.05, 3.63) is 51.0 Å². The molecular weight excluding hydrogens is 351 g/mol. The molecule has 1 N–H and O–H groups in total. The molecule has 0 spiro atoms. The van der Waals surface area contributed by atoms with E-state index < -0.39 is 0 Å². The molecule has 2 heterocycles. The third-order valence-corrected chi connectivity index (χ3v) is 3.86. The zero-order valence-corrected chi connectivity index (χ0v) is 14.7. The molecule has 0 aliphatic carbocycles. The second kappa shape index (κ2) is 6.26. The van der Waals surface area contributed by atoms with E-state index in [1.54, 1.807) is 17.7 Å². The zero-order valence-electron chi connectivity index (χ0n) is 13.2. The van der Waals surface area contributed by atoms with E-state index >= 15 is 0 Å². The Morgan fingerprint density at radius 2 is 1.88 bits per heavy atom. The van der Waals surface area contributed by atoms with Gasteiger partial charge < -0.3 is 5.11 Å². The number of hydrogen-bond donors (Lipinski definition) is 1. The lowest BCUT2D eigenvalue weighted by Crippen LogP contribution is -2.08. The normalized spacial score (nSPS) is 11.5. The summed E-state index contributed by atoms with van der Waals surface area (Å²) < 4.78 is 3.17. The van der Waals surface area contributed by atoms with E-state index in [0.29, 0.717) is 22.4 Å². The predicted octanol–water partition coefficient (Wildman–Crippen LogP) is 3.28. The Kier molecular flexibility index (Phi) is 4.29. The van der Waals surface area contributed by atoms with Crippen molar-refractivity contribution in [2.75, 3.05) is 0 Å². The molecule has 0 bridgehead atoms. The van der Waals surface area contributed by atoms with E-state index in [0.717, 1.165) is 11.4 Å². The van der Waals surface area contributed by atoms with Crippen LogP contribution in [0.2, 0.25) is 10.0 Å². The van der Waals surface area contributed by atoms with Gasteiger partial charge in [0.25, 0.3) is 5.95 Å². The van der Waals surface area contributed by atoms with Gasteiger partial charge in [0.1, 0.15) is 5.75 Å². The SMILES string of the molecule is Cc1cc(C)n(-c2nnc(C)n2/N=C/c2cc(Cl)cc(Cl)c2O)n1. The quantitative estimate of drug-likeness (QED) is 0.723. The Morgan fingerprint density at radius 1 is 1.12 bits per heavy atom. The summed E-state index contributed by atoms with van der Waals surface area (Å²) in [6.45, 7) is 5.58. The number of aryl methyl sites for hydroxylation is 3. The fraction of sp³-hybridized carbons (Fsp3) is 0.200. The lowest BCUT2D eigenvalue weighted by Gasteiger charge is -2.05. The van der Waals surface area contributed by atoms with E-state index in [2.05, 4.69) is 20.4 Å². The second-order valence-corrected chi connectivity index (χ2v) is 6.11. The van der Waals surface area contributed by atoms with Gasteiger partial charge in [-0.15, -0.1) is 10.2 Å². The van der Waals surface area contributed by atoms with Gasteiger partial charge in [-0.05, 0) is 39.0 Å². The van der Waals surface area contributed by atoms with Gasteiger partial charge in [0, 0.05) is 16.3 Å². The van der Waals surface area contributed by atoms with Gasteiger partial charge >= 0.3 is 0 Å². The van der Waals surface area contributed by atoms with Gasteiger partial charge in [-0.25, -0.2) is 4.68 Å². The summed E-state index contributed by atoms with van der Waals surface area (Å²) >= 11 is 11.9. The number of phenols is 1. The molecule has 3 aromatic rings. The molecule has 124 valence electrons. The second-order valence-electron chi connectivity index (χ2n) is 5.27. The third kappa shape index (κ3) is 3.00. The highest BCUT2D eigenvalue weighted by Crippen LogP contribution is 2.30. The maximum atomic E-state index is 10.0. The first kappa shape index (κ1) is 16.5. The molecule has 9 heteroatoms. The van der Waals surface area contributed by atoms with Gasteiger partial charge in [0.05, 0.1) is 16.9 Å². The minimum atomic E-state index is -0.0943. The Balaban J connectivity index is 2.06. The van der Waals surface area contributed by atoms with Crippen molar-refractivity contribution in [2.24, 2.45) is 5.10 Å². The van der Waals surface area contributed by atoms with E-state index in [9.17, 15) is 5.11 Å². The monoisotopic (exact) mass is 364 g/mol. The molecule has 24 heavy (non-hydrogen) atoms. The fourth-order valence-electron chi connectivity index (χ4n) is 2.25. The molecular formula is C15H14Cl2N6O. The maximum Gasteiger partial charge on any atom is 0.273 e. The first-order valence-corrected chi connectivity index (χ1v) is 7.80. The van der Waals surface area contributed by atoms with Crippen LogP contribution >= 0.6 is 23.2 Å². The van der Waals surface area contributed by atoms with Crippen molar-refractivity contribution >= 4 is 29.4 Å². The van der Waals surface area contributed by atoms with E-state index in [-0.39, 0.29) is 10.8 Å². The van der Waals surface area contributed by atoms with Crippen molar-refractivity contribution in [1.82, 2.24) is 24.7 Å². The summed E-state index contributed by atoms with van der Waals surface area (Å²) in [5.74, 6) is 0.923. The number of hydrogen-bond acceptors (Lipinski definition) is 5. The minimum absolute atomic E-state index is 0.0943. The first-order valence-electron chi connectivity index (χ1n) is 7.05. The highest BCUT2D eigenvalue weighted by molar-refractivity contribution is 6.36. The zero-order chi connectivity index (χ0) is 17.4. The van der Waals surface area contributed by atoms with Crippen LogP contribution in [-0.2, 0) is 0 Å². The molecule has 0 radical (unpaired) electrons. The van der Waals surface area contributed by atoms with Crippen LogP contribution in [0, 0.1) is 20.8 Å². The molecule has 7 nitrogen and oxygen atoms in total. The van der Waals surface area contributed by atoms with Crippen LogP contribution in [0.4, 0.5) is 0 Å². The standard InChI is InChI=1S/C15H14Cl2N6O/c1-8-4-9(2)22(21-8)15-20-19-10(3)23(15)18-7-11-5-12(16)6-13(17)14(11)24/h4-7,24H,1-3H3/b18-7+. The number of halogens is 2. The summed E-state index contributed by atoms with van der Waals surface area (Å²) in [7, 11) is 0. The third-order valence-electron chi connectivity index (χ3n) is 3.35. The van der Waals surface area contributed by atoms with Gasteiger partial charge in [-0.1, -0.05) is 23.2 Å². The van der Waals surface area contributed by atoms with Crippen LogP contribution < -0.4 is 0 Å². The Morgan fingerprint density at radius 3 is 2.54 bits per heavy atom. The smallest absolute Gasteiger partial charge is 0.273 e. The number of rotatable bonds is 3. The van der Waals surface area contributed by atoms with Crippen LogP contribution in [0.1, 0.15) is 22.8 Å². The summed E-state index contributed by atoms with van der Waals surface area (Å²) in [6.07, 6.45) is 1.44.